The monoisotopic (exact) mass is 268 g/mol. The molecule has 2 aromatic rings. The van der Waals surface area contributed by atoms with Crippen molar-refractivity contribution in [1.29, 1.82) is 5.26 Å². The Morgan fingerprint density at radius 3 is 2.95 bits per heavy atom. The predicted molar refractivity (Wildman–Crippen MR) is 79.0 cm³/mol. The van der Waals surface area contributed by atoms with Crippen LogP contribution in [0.15, 0.2) is 36.8 Å². The summed E-state index contributed by atoms with van der Waals surface area (Å²) in [6.45, 7) is 7.09. The Hall–Kier alpha value is -2.12. The van der Waals surface area contributed by atoms with E-state index in [0.717, 1.165) is 25.2 Å². The molecular weight excluding hydrogens is 248 g/mol. The smallest absolute Gasteiger partial charge is 0.140 e. The maximum absolute atomic E-state index is 8.85. The summed E-state index contributed by atoms with van der Waals surface area (Å²) >= 11 is 0. The Labute approximate surface area is 120 Å². The second-order valence-corrected chi connectivity index (χ2v) is 5.38. The molecule has 104 valence electrons. The van der Waals surface area contributed by atoms with E-state index >= 15 is 0 Å². The van der Waals surface area contributed by atoms with Crippen molar-refractivity contribution >= 4 is 0 Å². The average Bonchev–Trinajstić information content (AvgIpc) is 2.86. The number of nitrogens with one attached hydrogen (secondary N) is 1. The van der Waals surface area contributed by atoms with Gasteiger partial charge in [-0.3, -0.25) is 0 Å². The molecule has 0 spiro atoms. The Morgan fingerprint density at radius 1 is 1.35 bits per heavy atom. The van der Waals surface area contributed by atoms with Crippen LogP contribution >= 0.6 is 0 Å². The lowest BCUT2D eigenvalue weighted by Gasteiger charge is -2.06. The normalized spacial score (nSPS) is 10.7. The SMILES string of the molecule is CC(C)CNCc1ccn(Cc2ccnc(C#N)c2)c1. The quantitative estimate of drug-likeness (QED) is 0.876. The minimum Gasteiger partial charge on any atom is -0.350 e. The molecule has 2 heterocycles. The summed E-state index contributed by atoms with van der Waals surface area (Å²) in [5.74, 6) is 0.665. The Morgan fingerprint density at radius 2 is 2.20 bits per heavy atom. The third kappa shape index (κ3) is 4.22. The van der Waals surface area contributed by atoms with Crippen LogP contribution < -0.4 is 5.32 Å². The first-order valence-corrected chi connectivity index (χ1v) is 6.88. The highest BCUT2D eigenvalue weighted by Crippen LogP contribution is 2.07. The molecule has 0 bridgehead atoms. The molecule has 4 nitrogen and oxygen atoms in total. The first-order valence-electron chi connectivity index (χ1n) is 6.88. The topological polar surface area (TPSA) is 53.6 Å². The molecule has 0 radical (unpaired) electrons. The highest BCUT2D eigenvalue weighted by Gasteiger charge is 2.01. The van der Waals surface area contributed by atoms with E-state index in [9.17, 15) is 0 Å². The van der Waals surface area contributed by atoms with Crippen molar-refractivity contribution in [3.8, 4) is 6.07 Å². The summed E-state index contributed by atoms with van der Waals surface area (Å²) in [7, 11) is 0. The number of pyridine rings is 1. The van der Waals surface area contributed by atoms with Gasteiger partial charge in [-0.2, -0.15) is 5.26 Å². The van der Waals surface area contributed by atoms with Gasteiger partial charge in [-0.05, 0) is 41.8 Å². The standard InChI is InChI=1S/C16H20N4/c1-13(2)9-18-10-15-4-6-20(12-15)11-14-3-5-19-16(7-14)8-17/h3-7,12-13,18H,9-11H2,1-2H3. The van der Waals surface area contributed by atoms with Gasteiger partial charge in [0.05, 0.1) is 0 Å². The molecule has 2 rings (SSSR count). The molecule has 0 aliphatic rings. The van der Waals surface area contributed by atoms with E-state index in [2.05, 4.69) is 53.2 Å². The molecule has 0 aliphatic heterocycles. The zero-order valence-corrected chi connectivity index (χ0v) is 12.0. The lowest BCUT2D eigenvalue weighted by atomic mass is 10.2. The summed E-state index contributed by atoms with van der Waals surface area (Å²) in [4.78, 5) is 3.98. The van der Waals surface area contributed by atoms with Gasteiger partial charge >= 0.3 is 0 Å². The van der Waals surface area contributed by atoms with Crippen LogP contribution in [0.4, 0.5) is 0 Å². The fourth-order valence-corrected chi connectivity index (χ4v) is 2.04. The molecule has 0 atom stereocenters. The van der Waals surface area contributed by atoms with Crippen LogP contribution in [0.2, 0.25) is 0 Å². The maximum atomic E-state index is 8.85. The van der Waals surface area contributed by atoms with Crippen molar-refractivity contribution in [2.45, 2.75) is 26.9 Å². The second-order valence-electron chi connectivity index (χ2n) is 5.38. The van der Waals surface area contributed by atoms with E-state index in [1.807, 2.05) is 12.1 Å². The van der Waals surface area contributed by atoms with Crippen LogP contribution in [-0.2, 0) is 13.1 Å². The fraction of sp³-hybridized carbons (Fsp3) is 0.375. The molecule has 0 aromatic carbocycles. The summed E-state index contributed by atoms with van der Waals surface area (Å²) in [6.07, 6.45) is 5.89. The average molecular weight is 268 g/mol. The van der Waals surface area contributed by atoms with Crippen molar-refractivity contribution in [3.05, 3.63) is 53.6 Å². The first kappa shape index (κ1) is 14.3. The summed E-state index contributed by atoms with van der Waals surface area (Å²) < 4.78 is 2.13. The van der Waals surface area contributed by atoms with Gasteiger partial charge in [0.1, 0.15) is 11.8 Å². The molecule has 2 aromatic heterocycles. The maximum Gasteiger partial charge on any atom is 0.140 e. The molecule has 4 heteroatoms. The number of nitriles is 1. The number of hydrogen-bond donors (Lipinski definition) is 1. The van der Waals surface area contributed by atoms with Gasteiger partial charge in [0.25, 0.3) is 0 Å². The van der Waals surface area contributed by atoms with Crippen LogP contribution in [0, 0.1) is 17.2 Å². The van der Waals surface area contributed by atoms with E-state index in [1.165, 1.54) is 5.56 Å². The van der Waals surface area contributed by atoms with E-state index in [4.69, 9.17) is 5.26 Å². The highest BCUT2D eigenvalue weighted by molar-refractivity contribution is 5.26. The van der Waals surface area contributed by atoms with Crippen LogP contribution in [0.25, 0.3) is 0 Å². The van der Waals surface area contributed by atoms with Crippen LogP contribution in [0.1, 0.15) is 30.7 Å². The molecule has 0 fully saturated rings. The van der Waals surface area contributed by atoms with Crippen LogP contribution in [0.5, 0.6) is 0 Å². The largest absolute Gasteiger partial charge is 0.350 e. The minimum absolute atomic E-state index is 0.466. The molecule has 20 heavy (non-hydrogen) atoms. The molecule has 1 N–H and O–H groups in total. The van der Waals surface area contributed by atoms with E-state index < -0.39 is 0 Å². The molecule has 0 amide bonds. The Kier molecular flexibility index (Phi) is 4.91. The van der Waals surface area contributed by atoms with Gasteiger partial charge < -0.3 is 9.88 Å². The van der Waals surface area contributed by atoms with Gasteiger partial charge in [-0.25, -0.2) is 4.98 Å². The third-order valence-electron chi connectivity index (χ3n) is 3.00. The summed E-state index contributed by atoms with van der Waals surface area (Å²) in [6, 6.07) is 7.96. The highest BCUT2D eigenvalue weighted by atomic mass is 14.9. The zero-order chi connectivity index (χ0) is 14.4. The second kappa shape index (κ2) is 6.88. The van der Waals surface area contributed by atoms with Gasteiger partial charge in [-0.15, -0.1) is 0 Å². The van der Waals surface area contributed by atoms with Crippen molar-refractivity contribution in [2.75, 3.05) is 6.54 Å². The van der Waals surface area contributed by atoms with Crippen molar-refractivity contribution in [2.24, 2.45) is 5.92 Å². The molecule has 0 unspecified atom stereocenters. The lowest BCUT2D eigenvalue weighted by molar-refractivity contribution is 0.552. The summed E-state index contributed by atoms with van der Waals surface area (Å²) in [5.41, 5.74) is 2.84. The minimum atomic E-state index is 0.466. The van der Waals surface area contributed by atoms with Crippen molar-refractivity contribution in [1.82, 2.24) is 14.9 Å². The molecule has 0 saturated heterocycles. The number of nitrogens with zero attached hydrogens (tertiary/aromatic N) is 3. The van der Waals surface area contributed by atoms with Crippen LogP contribution in [0.3, 0.4) is 0 Å². The number of hydrogen-bond acceptors (Lipinski definition) is 3. The van der Waals surface area contributed by atoms with Crippen molar-refractivity contribution in [3.63, 3.8) is 0 Å². The molecule has 0 aliphatic carbocycles. The Balaban J connectivity index is 1.93. The fourth-order valence-electron chi connectivity index (χ4n) is 2.04. The molecular formula is C16H20N4. The van der Waals surface area contributed by atoms with Gasteiger partial charge in [0, 0.05) is 31.7 Å². The molecule has 0 saturated carbocycles. The van der Waals surface area contributed by atoms with E-state index in [1.54, 1.807) is 6.20 Å². The number of aromatic nitrogens is 2. The van der Waals surface area contributed by atoms with Crippen LogP contribution in [-0.4, -0.2) is 16.1 Å². The van der Waals surface area contributed by atoms with Crippen molar-refractivity contribution < 1.29 is 0 Å². The van der Waals surface area contributed by atoms with Gasteiger partial charge in [-0.1, -0.05) is 13.8 Å². The Bertz CT molecular complexity index is 593. The third-order valence-corrected chi connectivity index (χ3v) is 3.00. The van der Waals surface area contributed by atoms with E-state index in [0.29, 0.717) is 11.6 Å². The summed E-state index contributed by atoms with van der Waals surface area (Å²) in [5, 5.41) is 12.3. The van der Waals surface area contributed by atoms with E-state index in [-0.39, 0.29) is 0 Å². The predicted octanol–water partition coefficient (Wildman–Crippen LogP) is 2.55. The zero-order valence-electron chi connectivity index (χ0n) is 12.0. The lowest BCUT2D eigenvalue weighted by Crippen LogP contribution is -2.18. The first-order chi connectivity index (χ1) is 9.67. The van der Waals surface area contributed by atoms with Gasteiger partial charge in [0.15, 0.2) is 0 Å². The van der Waals surface area contributed by atoms with Gasteiger partial charge in [0.2, 0.25) is 0 Å². The number of rotatable bonds is 6.